The van der Waals surface area contributed by atoms with Gasteiger partial charge in [-0.2, -0.15) is 0 Å². The number of benzene rings is 3. The third kappa shape index (κ3) is 4.58. The summed E-state index contributed by atoms with van der Waals surface area (Å²) in [4.78, 5) is 17.6. The molecule has 3 aromatic carbocycles. The van der Waals surface area contributed by atoms with Crippen LogP contribution in [0.1, 0.15) is 11.3 Å². The molecule has 0 saturated heterocycles. The van der Waals surface area contributed by atoms with E-state index in [2.05, 4.69) is 36.5 Å². The highest BCUT2D eigenvalue weighted by molar-refractivity contribution is 7.71. The van der Waals surface area contributed by atoms with Crippen LogP contribution in [0.3, 0.4) is 0 Å². The molecule has 2 aromatic heterocycles. The normalized spacial score (nSPS) is 10.9. The van der Waals surface area contributed by atoms with Crippen LogP contribution in [0.2, 0.25) is 0 Å². The number of carbonyl (C=O) groups excluding carboxylic acids is 1. The second-order valence-corrected chi connectivity index (χ2v) is 8.59. The number of pyridine rings is 1. The number of ether oxygens (including phenoxy) is 1. The quantitative estimate of drug-likeness (QED) is 0.301. The Balaban J connectivity index is 1.54. The number of amides is 1. The van der Waals surface area contributed by atoms with Gasteiger partial charge in [-0.25, -0.2) is 4.98 Å². The highest BCUT2D eigenvalue weighted by atomic mass is 32.1. The number of hydrogen-bond donors (Lipinski definition) is 1. The zero-order chi connectivity index (χ0) is 24.4. The van der Waals surface area contributed by atoms with Crippen molar-refractivity contribution in [2.75, 3.05) is 12.4 Å². The number of methoxy groups -OCH3 is 1. The van der Waals surface area contributed by atoms with Crippen LogP contribution in [-0.2, 0) is 11.2 Å². The third-order valence-corrected chi connectivity index (χ3v) is 6.13. The standard InChI is InChI=1S/C28H24N4O2S/c1-19-8-13-23(14-9-19)31-25-17-12-21(18-26(33)29-20-10-15-24(34-2)16-11-20)30-27(25)32(28(31)35)22-6-4-3-5-7-22/h3-17H,18H2,1-2H3,(H,29,33). The molecule has 0 aliphatic heterocycles. The fourth-order valence-corrected chi connectivity index (χ4v) is 4.40. The fraction of sp³-hybridized carbons (Fsp3) is 0.107. The van der Waals surface area contributed by atoms with Crippen LogP contribution in [-0.4, -0.2) is 27.1 Å². The lowest BCUT2D eigenvalue weighted by atomic mass is 10.2. The number of carbonyl (C=O) groups is 1. The van der Waals surface area contributed by atoms with E-state index in [9.17, 15) is 4.79 Å². The van der Waals surface area contributed by atoms with E-state index < -0.39 is 0 Å². The lowest BCUT2D eigenvalue weighted by Crippen LogP contribution is -2.15. The minimum absolute atomic E-state index is 0.138. The number of aryl methyl sites for hydroxylation is 1. The third-order valence-electron chi connectivity index (χ3n) is 5.77. The van der Waals surface area contributed by atoms with Crippen molar-refractivity contribution in [3.05, 3.63) is 107 Å². The molecule has 174 valence electrons. The number of fused-ring (bicyclic) bond motifs is 1. The molecular weight excluding hydrogens is 456 g/mol. The summed E-state index contributed by atoms with van der Waals surface area (Å²) in [6.45, 7) is 2.06. The Morgan fingerprint density at radius 1 is 0.886 bits per heavy atom. The van der Waals surface area contributed by atoms with Crippen LogP contribution < -0.4 is 10.1 Å². The summed E-state index contributed by atoms with van der Waals surface area (Å²) >= 11 is 5.92. The summed E-state index contributed by atoms with van der Waals surface area (Å²) in [7, 11) is 1.61. The molecule has 6 nitrogen and oxygen atoms in total. The number of nitrogens with one attached hydrogen (secondary N) is 1. The van der Waals surface area contributed by atoms with Crippen LogP contribution in [0.5, 0.6) is 5.75 Å². The van der Waals surface area contributed by atoms with E-state index in [4.69, 9.17) is 21.9 Å². The fourth-order valence-electron chi connectivity index (χ4n) is 4.01. The molecule has 0 bridgehead atoms. The van der Waals surface area contributed by atoms with Gasteiger partial charge in [-0.3, -0.25) is 13.9 Å². The first-order chi connectivity index (χ1) is 17.0. The van der Waals surface area contributed by atoms with Gasteiger partial charge in [0.2, 0.25) is 5.91 Å². The molecule has 1 amide bonds. The van der Waals surface area contributed by atoms with Crippen LogP contribution in [0.15, 0.2) is 91.0 Å². The summed E-state index contributed by atoms with van der Waals surface area (Å²) in [6, 6.07) is 29.2. The van der Waals surface area contributed by atoms with E-state index in [1.807, 2.05) is 75.9 Å². The van der Waals surface area contributed by atoms with Crippen LogP contribution in [0.4, 0.5) is 5.69 Å². The van der Waals surface area contributed by atoms with Crippen molar-refractivity contribution >= 4 is 35.0 Å². The smallest absolute Gasteiger partial charge is 0.230 e. The number of aromatic nitrogens is 3. The lowest BCUT2D eigenvalue weighted by Gasteiger charge is -2.07. The number of imidazole rings is 1. The molecule has 35 heavy (non-hydrogen) atoms. The molecule has 0 aliphatic carbocycles. The number of nitrogens with zero attached hydrogens (tertiary/aromatic N) is 3. The van der Waals surface area contributed by atoms with Crippen molar-refractivity contribution in [3.63, 3.8) is 0 Å². The Kier molecular flexibility index (Phi) is 6.16. The monoisotopic (exact) mass is 480 g/mol. The van der Waals surface area contributed by atoms with E-state index in [0.717, 1.165) is 22.6 Å². The molecule has 5 rings (SSSR count). The number of anilines is 1. The number of rotatable bonds is 6. The van der Waals surface area contributed by atoms with Crippen LogP contribution in [0, 0.1) is 11.7 Å². The Bertz CT molecular complexity index is 1550. The molecular formula is C28H24N4O2S. The maximum atomic E-state index is 12.7. The largest absolute Gasteiger partial charge is 0.497 e. The summed E-state index contributed by atoms with van der Waals surface area (Å²) in [6.07, 6.45) is 0.138. The van der Waals surface area contributed by atoms with E-state index in [1.54, 1.807) is 7.11 Å². The second-order valence-electron chi connectivity index (χ2n) is 8.22. The minimum atomic E-state index is -0.148. The van der Waals surface area contributed by atoms with Gasteiger partial charge in [-0.1, -0.05) is 35.9 Å². The van der Waals surface area contributed by atoms with Gasteiger partial charge in [0.1, 0.15) is 5.75 Å². The molecule has 2 heterocycles. The molecule has 5 aromatic rings. The van der Waals surface area contributed by atoms with Gasteiger partial charge >= 0.3 is 0 Å². The first-order valence-corrected chi connectivity index (χ1v) is 11.6. The second kappa shape index (κ2) is 9.56. The predicted molar refractivity (Wildman–Crippen MR) is 141 cm³/mol. The Labute approximate surface area is 208 Å². The predicted octanol–water partition coefficient (Wildman–Crippen LogP) is 6.04. The Morgan fingerprint density at radius 3 is 2.26 bits per heavy atom. The highest BCUT2D eigenvalue weighted by Gasteiger charge is 2.16. The van der Waals surface area contributed by atoms with Crippen molar-refractivity contribution in [1.29, 1.82) is 0 Å². The van der Waals surface area contributed by atoms with E-state index in [-0.39, 0.29) is 12.3 Å². The van der Waals surface area contributed by atoms with Crippen molar-refractivity contribution in [1.82, 2.24) is 14.1 Å². The molecule has 0 fully saturated rings. The molecule has 7 heteroatoms. The van der Waals surface area contributed by atoms with Crippen molar-refractivity contribution in [2.45, 2.75) is 13.3 Å². The van der Waals surface area contributed by atoms with Crippen molar-refractivity contribution in [3.8, 4) is 17.1 Å². The van der Waals surface area contributed by atoms with Crippen LogP contribution in [0.25, 0.3) is 22.5 Å². The molecule has 0 aliphatic rings. The summed E-state index contributed by atoms with van der Waals surface area (Å²) in [5.41, 5.74) is 6.00. The first kappa shape index (κ1) is 22.6. The zero-order valence-corrected chi connectivity index (χ0v) is 20.3. The van der Waals surface area contributed by atoms with Gasteiger partial charge in [0, 0.05) is 17.1 Å². The lowest BCUT2D eigenvalue weighted by molar-refractivity contribution is -0.115. The topological polar surface area (TPSA) is 61.1 Å². The van der Waals surface area contributed by atoms with Gasteiger partial charge in [-0.15, -0.1) is 0 Å². The molecule has 0 radical (unpaired) electrons. The summed E-state index contributed by atoms with van der Waals surface area (Å²) < 4.78 is 9.76. The SMILES string of the molecule is COc1ccc(NC(=O)Cc2ccc3c(n2)n(-c2ccccc2)c(=S)n3-c2ccc(C)cc2)cc1. The van der Waals surface area contributed by atoms with E-state index in [1.165, 1.54) is 5.56 Å². The summed E-state index contributed by atoms with van der Waals surface area (Å²) in [5.74, 6) is 0.586. The number of para-hydroxylation sites is 1. The van der Waals surface area contributed by atoms with Gasteiger partial charge < -0.3 is 10.1 Å². The van der Waals surface area contributed by atoms with Crippen molar-refractivity contribution < 1.29 is 9.53 Å². The van der Waals surface area contributed by atoms with Gasteiger partial charge in [0.25, 0.3) is 0 Å². The minimum Gasteiger partial charge on any atom is -0.497 e. The first-order valence-electron chi connectivity index (χ1n) is 11.2. The van der Waals surface area contributed by atoms with Gasteiger partial charge in [0.05, 0.1) is 24.7 Å². The average Bonchev–Trinajstić information content (AvgIpc) is 3.16. The number of hydrogen-bond acceptors (Lipinski definition) is 4. The molecule has 1 N–H and O–H groups in total. The van der Waals surface area contributed by atoms with Crippen molar-refractivity contribution in [2.24, 2.45) is 0 Å². The maximum absolute atomic E-state index is 12.7. The van der Waals surface area contributed by atoms with E-state index >= 15 is 0 Å². The van der Waals surface area contributed by atoms with Crippen LogP contribution >= 0.6 is 12.2 Å². The van der Waals surface area contributed by atoms with Gasteiger partial charge in [-0.05, 0) is 79.8 Å². The Morgan fingerprint density at radius 2 is 1.57 bits per heavy atom. The van der Waals surface area contributed by atoms with E-state index in [0.29, 0.717) is 21.8 Å². The molecule has 0 saturated carbocycles. The van der Waals surface area contributed by atoms with Gasteiger partial charge in [0.15, 0.2) is 10.4 Å². The maximum Gasteiger partial charge on any atom is 0.230 e. The average molecular weight is 481 g/mol. The Hall–Kier alpha value is -4.23. The highest BCUT2D eigenvalue weighted by Crippen LogP contribution is 2.26. The molecule has 0 unspecified atom stereocenters. The summed E-state index contributed by atoms with van der Waals surface area (Å²) in [5, 5.41) is 2.92. The zero-order valence-electron chi connectivity index (χ0n) is 19.4. The molecule has 0 atom stereocenters. The molecule has 0 spiro atoms.